The van der Waals surface area contributed by atoms with Crippen molar-refractivity contribution >= 4 is 23.2 Å². The Kier molecular flexibility index (Phi) is 7.91. The fourth-order valence-corrected chi connectivity index (χ4v) is 5.50. The van der Waals surface area contributed by atoms with Gasteiger partial charge in [-0.1, -0.05) is 12.2 Å². The number of anilines is 1. The third-order valence-electron chi connectivity index (χ3n) is 7.40. The first kappa shape index (κ1) is 26.4. The van der Waals surface area contributed by atoms with E-state index in [1.54, 1.807) is 12.1 Å². The molecule has 0 atom stereocenters. The van der Waals surface area contributed by atoms with Crippen LogP contribution in [0.3, 0.4) is 0 Å². The maximum Gasteiger partial charge on any atom is 0.338 e. The molecule has 0 saturated carbocycles. The molecular weight excluding hydrogens is 496 g/mol. The van der Waals surface area contributed by atoms with Crippen LogP contribution in [0.2, 0.25) is 0 Å². The third kappa shape index (κ3) is 5.79. The van der Waals surface area contributed by atoms with Crippen molar-refractivity contribution in [1.29, 1.82) is 0 Å². The van der Waals surface area contributed by atoms with Gasteiger partial charge in [-0.25, -0.2) is 4.79 Å². The number of allylic oxidation sites excluding steroid dienone is 4. The number of fused-ring (bicyclic) bond motifs is 2. The van der Waals surface area contributed by atoms with Gasteiger partial charge >= 0.3 is 11.9 Å². The molecule has 3 aliphatic rings. The van der Waals surface area contributed by atoms with Crippen LogP contribution in [0.25, 0.3) is 5.57 Å². The molecule has 204 valence electrons. The van der Waals surface area contributed by atoms with Crippen molar-refractivity contribution < 1.29 is 29.3 Å². The summed E-state index contributed by atoms with van der Waals surface area (Å²) in [5, 5.41) is 24.8. The molecule has 39 heavy (non-hydrogen) atoms. The summed E-state index contributed by atoms with van der Waals surface area (Å²) in [7, 11) is 1.35. The number of hydrogen-bond donors (Lipinski definition) is 3. The number of aliphatic carboxylic acids is 1. The summed E-state index contributed by atoms with van der Waals surface area (Å²) in [5.74, 6) is -0.510. The van der Waals surface area contributed by atoms with E-state index in [-0.39, 0.29) is 13.0 Å². The second-order valence-corrected chi connectivity index (χ2v) is 10.1. The van der Waals surface area contributed by atoms with E-state index in [0.717, 1.165) is 61.2 Å². The highest BCUT2D eigenvalue weighted by molar-refractivity contribution is 6.00. The Morgan fingerprint density at radius 1 is 1.03 bits per heavy atom. The van der Waals surface area contributed by atoms with Crippen LogP contribution >= 0.6 is 0 Å². The molecule has 1 aliphatic carbocycles. The van der Waals surface area contributed by atoms with Crippen LogP contribution in [0.15, 0.2) is 59.3 Å². The van der Waals surface area contributed by atoms with Gasteiger partial charge in [-0.05, 0) is 85.1 Å². The number of nitrogens with one attached hydrogen (secondary N) is 2. The van der Waals surface area contributed by atoms with Gasteiger partial charge in [0.25, 0.3) is 5.75 Å². The van der Waals surface area contributed by atoms with Gasteiger partial charge in [-0.15, -0.1) is 0 Å². The number of hydrogen-bond acceptors (Lipinski definition) is 6. The third-order valence-corrected chi connectivity index (χ3v) is 7.40. The van der Waals surface area contributed by atoms with E-state index in [4.69, 9.17) is 19.7 Å². The molecule has 1 fully saturated rings. The average molecular weight is 532 g/mol. The number of rotatable bonds is 8. The molecule has 0 spiro atoms. The van der Waals surface area contributed by atoms with E-state index in [1.807, 2.05) is 12.1 Å². The Hall–Kier alpha value is -4.20. The predicted molar refractivity (Wildman–Crippen MR) is 151 cm³/mol. The zero-order valence-electron chi connectivity index (χ0n) is 22.2. The molecule has 2 heterocycles. The van der Waals surface area contributed by atoms with Crippen molar-refractivity contribution in [3.05, 3.63) is 81.6 Å². The number of carbonyl (C=O) groups is 2. The standard InChI is InChI=1S/C31H34N2O6/c1-38-31(37)24-17-22(39-14-4-7-29(35)36)9-10-23(24)30(21-8-11-26-19(15-21)5-2-12-32-26)25-16-20-6-3-13-33-27(20)18-28(25)34/h9-11,15-18,32-34H,2-8,12-14H2,1H3,(H,35,36)/p+1/b30-21+. The lowest BCUT2D eigenvalue weighted by Gasteiger charge is -2.26. The second-order valence-electron chi connectivity index (χ2n) is 10.1. The zero-order chi connectivity index (χ0) is 27.4. The fraction of sp³-hybridized carbons (Fsp3) is 0.355. The van der Waals surface area contributed by atoms with Gasteiger partial charge in [0.1, 0.15) is 5.75 Å². The highest BCUT2D eigenvalue weighted by Crippen LogP contribution is 2.42. The van der Waals surface area contributed by atoms with Crippen molar-refractivity contribution in [3.63, 3.8) is 0 Å². The molecule has 2 aromatic carbocycles. The molecule has 8 nitrogen and oxygen atoms in total. The molecular formula is C31H35N2O6+. The van der Waals surface area contributed by atoms with Crippen LogP contribution in [0.5, 0.6) is 11.5 Å². The van der Waals surface area contributed by atoms with Crippen molar-refractivity contribution in [2.45, 2.75) is 44.9 Å². The largest absolute Gasteiger partial charge is 0.593 e. The van der Waals surface area contributed by atoms with Crippen molar-refractivity contribution in [2.24, 2.45) is 0 Å². The minimum atomic E-state index is -0.876. The number of benzene rings is 2. The number of piperidine rings is 1. The monoisotopic (exact) mass is 531 g/mol. The molecule has 2 aromatic rings. The Balaban J connectivity index is 1.64. The average Bonchev–Trinajstić information content (AvgIpc) is 2.95. The number of methoxy groups -OCH3 is 1. The normalized spacial score (nSPS) is 17.4. The smallest absolute Gasteiger partial charge is 0.338 e. The van der Waals surface area contributed by atoms with Gasteiger partial charge < -0.3 is 30.3 Å². The minimum Gasteiger partial charge on any atom is -0.593 e. The lowest BCUT2D eigenvalue weighted by molar-refractivity contribution is -0.137. The molecule has 5 rings (SSSR count). The summed E-state index contributed by atoms with van der Waals surface area (Å²) in [6.07, 6.45) is 9.45. The van der Waals surface area contributed by atoms with E-state index in [1.165, 1.54) is 23.9 Å². The van der Waals surface area contributed by atoms with Crippen LogP contribution in [-0.2, 0) is 16.0 Å². The topological polar surface area (TPSA) is 120 Å². The summed E-state index contributed by atoms with van der Waals surface area (Å²) in [6.45, 7) is 2.08. The fourth-order valence-electron chi connectivity index (χ4n) is 5.50. The van der Waals surface area contributed by atoms with Crippen LogP contribution in [0, 0.1) is 0 Å². The molecule has 5 N–H and O–H groups in total. The van der Waals surface area contributed by atoms with Crippen LogP contribution < -0.4 is 15.4 Å². The zero-order valence-corrected chi connectivity index (χ0v) is 22.2. The van der Waals surface area contributed by atoms with Crippen LogP contribution in [0.4, 0.5) is 5.69 Å². The molecule has 1 saturated heterocycles. The van der Waals surface area contributed by atoms with Crippen molar-refractivity contribution in [2.75, 3.05) is 32.1 Å². The highest BCUT2D eigenvalue weighted by atomic mass is 16.5. The summed E-state index contributed by atoms with van der Waals surface area (Å²) in [4.78, 5) is 23.9. The van der Waals surface area contributed by atoms with Crippen LogP contribution in [0.1, 0.15) is 65.6 Å². The quantitative estimate of drug-likeness (QED) is 0.251. The van der Waals surface area contributed by atoms with E-state index in [0.29, 0.717) is 35.5 Å². The van der Waals surface area contributed by atoms with E-state index in [9.17, 15) is 9.59 Å². The van der Waals surface area contributed by atoms with Gasteiger partial charge in [0.2, 0.25) is 0 Å². The molecule has 8 heteroatoms. The first-order valence-electron chi connectivity index (χ1n) is 13.5. The number of esters is 1. The van der Waals surface area contributed by atoms with Gasteiger partial charge in [-0.2, -0.15) is 0 Å². The first-order chi connectivity index (χ1) is 18.9. The minimum absolute atomic E-state index is 0.0106. The summed E-state index contributed by atoms with van der Waals surface area (Å²) in [5.41, 5.74) is 8.29. The van der Waals surface area contributed by atoms with Gasteiger partial charge in [0, 0.05) is 36.5 Å². The lowest BCUT2D eigenvalue weighted by Crippen LogP contribution is -2.23. The maximum absolute atomic E-state index is 13.1. The summed E-state index contributed by atoms with van der Waals surface area (Å²) >= 11 is 0. The Morgan fingerprint density at radius 2 is 1.85 bits per heavy atom. The van der Waals surface area contributed by atoms with Gasteiger partial charge in [0.15, 0.2) is 0 Å². The van der Waals surface area contributed by atoms with E-state index < -0.39 is 11.9 Å². The Bertz CT molecular complexity index is 1390. The number of carboxylic acid groups (broad SMARTS) is 1. The molecule has 0 bridgehead atoms. The SMILES string of the molecule is COC(=O)c1cc(OCCCC(=O)O)ccc1/C(=C1\C=C2CCCNC2=CC1)c1cc2c(cc1[OH2+])NCCC2. The van der Waals surface area contributed by atoms with Crippen molar-refractivity contribution in [3.8, 4) is 11.5 Å². The summed E-state index contributed by atoms with van der Waals surface area (Å²) < 4.78 is 11.0. The molecule has 0 aromatic heterocycles. The molecule has 0 radical (unpaired) electrons. The number of carboxylic acids is 1. The van der Waals surface area contributed by atoms with Gasteiger partial charge in [0.05, 0.1) is 30.9 Å². The van der Waals surface area contributed by atoms with Gasteiger partial charge in [-0.3, -0.25) is 4.79 Å². The van der Waals surface area contributed by atoms with Crippen molar-refractivity contribution in [1.82, 2.24) is 5.32 Å². The second kappa shape index (κ2) is 11.7. The lowest BCUT2D eigenvalue weighted by atomic mass is 9.83. The number of carbonyl (C=O) groups excluding carboxylic acids is 1. The predicted octanol–water partition coefficient (Wildman–Crippen LogP) is 4.91. The number of aryl methyl sites for hydroxylation is 1. The van der Waals surface area contributed by atoms with E-state index >= 15 is 0 Å². The Morgan fingerprint density at radius 3 is 2.67 bits per heavy atom. The van der Waals surface area contributed by atoms with E-state index in [2.05, 4.69) is 28.9 Å². The summed E-state index contributed by atoms with van der Waals surface area (Å²) in [6, 6.07) is 9.30. The van der Waals surface area contributed by atoms with Crippen LogP contribution in [-0.4, -0.2) is 49.0 Å². The molecule has 2 aliphatic heterocycles. The molecule has 0 amide bonds. The highest BCUT2D eigenvalue weighted by Gasteiger charge is 2.27. The Labute approximate surface area is 228 Å². The maximum atomic E-state index is 13.1. The first-order valence-corrected chi connectivity index (χ1v) is 13.5. The number of ether oxygens (including phenoxy) is 2. The molecule has 0 unspecified atom stereocenters.